The predicted octanol–water partition coefficient (Wildman–Crippen LogP) is 2.28. The number of ether oxygens (including phenoxy) is 1. The van der Waals surface area contributed by atoms with Crippen molar-refractivity contribution >= 4 is 24.0 Å². The van der Waals surface area contributed by atoms with E-state index in [1.165, 1.54) is 0 Å². The normalized spacial score (nSPS) is 11.6. The molecule has 0 bridgehead atoms. The zero-order valence-electron chi connectivity index (χ0n) is 13.6. The van der Waals surface area contributed by atoms with Gasteiger partial charge in [-0.1, -0.05) is 12.1 Å². The van der Waals surface area contributed by atoms with E-state index in [-0.39, 0.29) is 18.3 Å². The Morgan fingerprint density at radius 2 is 2.22 bits per heavy atom. The molecule has 1 aromatic carbocycles. The SMILES string of the molecule is CCOCc1cccc(NC(=O)C(NC)c2cnn(C)c2)c1.Cl. The van der Waals surface area contributed by atoms with Crippen LogP contribution in [-0.4, -0.2) is 29.3 Å². The number of rotatable bonds is 7. The van der Waals surface area contributed by atoms with Gasteiger partial charge in [0.1, 0.15) is 6.04 Å². The standard InChI is InChI=1S/C16H22N4O2.ClH/c1-4-22-11-12-6-5-7-14(8-12)19-16(21)15(17-2)13-9-18-20(3)10-13;/h5-10,15,17H,4,11H2,1-3H3,(H,19,21);1H. The molecule has 2 rings (SSSR count). The molecule has 0 spiro atoms. The number of aromatic nitrogens is 2. The third-order valence-corrected chi connectivity index (χ3v) is 3.28. The highest BCUT2D eigenvalue weighted by Crippen LogP contribution is 2.16. The summed E-state index contributed by atoms with van der Waals surface area (Å²) in [6.45, 7) is 3.16. The molecule has 0 aliphatic carbocycles. The number of carbonyl (C=O) groups excluding carboxylic acids is 1. The van der Waals surface area contributed by atoms with Crippen LogP contribution in [0.4, 0.5) is 5.69 Å². The van der Waals surface area contributed by atoms with Crippen LogP contribution in [0.5, 0.6) is 0 Å². The van der Waals surface area contributed by atoms with Crippen LogP contribution >= 0.6 is 12.4 Å². The molecule has 0 aliphatic rings. The van der Waals surface area contributed by atoms with Crippen molar-refractivity contribution in [3.63, 3.8) is 0 Å². The van der Waals surface area contributed by atoms with Crippen molar-refractivity contribution in [1.82, 2.24) is 15.1 Å². The Kier molecular flexibility index (Phi) is 7.74. The highest BCUT2D eigenvalue weighted by molar-refractivity contribution is 5.95. The Balaban J connectivity index is 0.00000264. The summed E-state index contributed by atoms with van der Waals surface area (Å²) in [5.41, 5.74) is 2.61. The molecule has 0 saturated carbocycles. The summed E-state index contributed by atoms with van der Waals surface area (Å²) in [5.74, 6) is -0.121. The molecular formula is C16H23ClN4O2. The molecule has 1 amide bonds. The lowest BCUT2D eigenvalue weighted by atomic mass is 10.1. The third-order valence-electron chi connectivity index (χ3n) is 3.28. The minimum Gasteiger partial charge on any atom is -0.377 e. The number of benzene rings is 1. The van der Waals surface area contributed by atoms with Crippen LogP contribution in [0.2, 0.25) is 0 Å². The summed E-state index contributed by atoms with van der Waals surface area (Å²) in [4.78, 5) is 12.4. The first kappa shape index (κ1) is 19.2. The lowest BCUT2D eigenvalue weighted by molar-refractivity contribution is -0.118. The molecule has 0 saturated heterocycles. The van der Waals surface area contributed by atoms with E-state index in [4.69, 9.17) is 4.74 Å². The van der Waals surface area contributed by atoms with E-state index < -0.39 is 6.04 Å². The molecule has 126 valence electrons. The first-order valence-corrected chi connectivity index (χ1v) is 7.27. The Morgan fingerprint density at radius 1 is 1.43 bits per heavy atom. The van der Waals surface area contributed by atoms with Crippen molar-refractivity contribution in [3.05, 3.63) is 47.8 Å². The predicted molar refractivity (Wildman–Crippen MR) is 92.7 cm³/mol. The molecule has 1 aromatic heterocycles. The number of hydrogen-bond donors (Lipinski definition) is 2. The molecule has 0 radical (unpaired) electrons. The van der Waals surface area contributed by atoms with Crippen molar-refractivity contribution < 1.29 is 9.53 Å². The van der Waals surface area contributed by atoms with E-state index in [0.717, 1.165) is 16.8 Å². The summed E-state index contributed by atoms with van der Waals surface area (Å²) in [6.07, 6.45) is 3.51. The van der Waals surface area contributed by atoms with Gasteiger partial charge in [0.05, 0.1) is 12.8 Å². The Labute approximate surface area is 142 Å². The molecule has 23 heavy (non-hydrogen) atoms. The smallest absolute Gasteiger partial charge is 0.246 e. The summed E-state index contributed by atoms with van der Waals surface area (Å²) in [6, 6.07) is 7.22. The van der Waals surface area contributed by atoms with E-state index in [9.17, 15) is 4.79 Å². The Bertz CT molecular complexity index is 630. The van der Waals surface area contributed by atoms with Crippen molar-refractivity contribution in [2.75, 3.05) is 19.0 Å². The van der Waals surface area contributed by atoms with E-state index in [1.807, 2.05) is 44.4 Å². The second kappa shape index (κ2) is 9.29. The van der Waals surface area contributed by atoms with Crippen LogP contribution in [0.1, 0.15) is 24.1 Å². The quantitative estimate of drug-likeness (QED) is 0.812. The summed E-state index contributed by atoms with van der Waals surface area (Å²) < 4.78 is 7.06. The Hall–Kier alpha value is -1.89. The lowest BCUT2D eigenvalue weighted by Crippen LogP contribution is -2.30. The average molecular weight is 339 g/mol. The monoisotopic (exact) mass is 338 g/mol. The van der Waals surface area contributed by atoms with Gasteiger partial charge in [-0.15, -0.1) is 12.4 Å². The topological polar surface area (TPSA) is 68.2 Å². The number of likely N-dealkylation sites (N-methyl/N-ethyl adjacent to an activating group) is 1. The van der Waals surface area contributed by atoms with Crippen LogP contribution in [0.15, 0.2) is 36.7 Å². The number of carbonyl (C=O) groups is 1. The fourth-order valence-corrected chi connectivity index (χ4v) is 2.21. The van der Waals surface area contributed by atoms with E-state index in [2.05, 4.69) is 15.7 Å². The van der Waals surface area contributed by atoms with Crippen LogP contribution in [0, 0.1) is 0 Å². The minimum atomic E-state index is -0.441. The largest absolute Gasteiger partial charge is 0.377 e. The maximum Gasteiger partial charge on any atom is 0.246 e. The minimum absolute atomic E-state index is 0. The van der Waals surface area contributed by atoms with Gasteiger partial charge < -0.3 is 15.4 Å². The summed E-state index contributed by atoms with van der Waals surface area (Å²) in [5, 5.41) is 10.0. The maximum absolute atomic E-state index is 12.4. The number of hydrogen-bond acceptors (Lipinski definition) is 4. The van der Waals surface area contributed by atoms with Gasteiger partial charge in [0.2, 0.25) is 5.91 Å². The van der Waals surface area contributed by atoms with Gasteiger partial charge in [-0.25, -0.2) is 0 Å². The molecule has 2 N–H and O–H groups in total. The zero-order valence-corrected chi connectivity index (χ0v) is 14.4. The second-order valence-electron chi connectivity index (χ2n) is 5.00. The van der Waals surface area contributed by atoms with Crippen molar-refractivity contribution in [2.24, 2.45) is 7.05 Å². The van der Waals surface area contributed by atoms with Crippen molar-refractivity contribution in [3.8, 4) is 0 Å². The van der Waals surface area contributed by atoms with Gasteiger partial charge in [-0.3, -0.25) is 9.48 Å². The van der Waals surface area contributed by atoms with Crippen LogP contribution in [-0.2, 0) is 23.2 Å². The molecule has 1 atom stereocenters. The summed E-state index contributed by atoms with van der Waals surface area (Å²) in [7, 11) is 3.58. The van der Waals surface area contributed by atoms with Crippen molar-refractivity contribution in [1.29, 1.82) is 0 Å². The van der Waals surface area contributed by atoms with Gasteiger partial charge in [0, 0.05) is 31.1 Å². The van der Waals surface area contributed by atoms with Gasteiger partial charge in [-0.2, -0.15) is 5.10 Å². The molecule has 1 heterocycles. The molecule has 6 nitrogen and oxygen atoms in total. The first-order valence-electron chi connectivity index (χ1n) is 7.27. The number of halogens is 1. The first-order chi connectivity index (χ1) is 10.6. The van der Waals surface area contributed by atoms with E-state index in [0.29, 0.717) is 13.2 Å². The number of nitrogens with one attached hydrogen (secondary N) is 2. The molecule has 0 fully saturated rings. The molecule has 1 unspecified atom stereocenters. The second-order valence-corrected chi connectivity index (χ2v) is 5.00. The fraction of sp³-hybridized carbons (Fsp3) is 0.375. The molecule has 2 aromatic rings. The van der Waals surface area contributed by atoms with Gasteiger partial charge in [0.15, 0.2) is 0 Å². The molecule has 0 aliphatic heterocycles. The van der Waals surface area contributed by atoms with E-state index >= 15 is 0 Å². The van der Waals surface area contributed by atoms with Crippen LogP contribution < -0.4 is 10.6 Å². The van der Waals surface area contributed by atoms with Gasteiger partial charge in [-0.05, 0) is 31.7 Å². The molecular weight excluding hydrogens is 316 g/mol. The Morgan fingerprint density at radius 3 is 2.83 bits per heavy atom. The van der Waals surface area contributed by atoms with Gasteiger partial charge in [0.25, 0.3) is 0 Å². The van der Waals surface area contributed by atoms with E-state index in [1.54, 1.807) is 17.9 Å². The lowest BCUT2D eigenvalue weighted by Gasteiger charge is -2.15. The molecule has 7 heteroatoms. The summed E-state index contributed by atoms with van der Waals surface area (Å²) >= 11 is 0. The van der Waals surface area contributed by atoms with Crippen molar-refractivity contribution in [2.45, 2.75) is 19.6 Å². The maximum atomic E-state index is 12.4. The number of aryl methyl sites for hydroxylation is 1. The van der Waals surface area contributed by atoms with Crippen LogP contribution in [0.3, 0.4) is 0 Å². The highest BCUT2D eigenvalue weighted by Gasteiger charge is 2.20. The number of nitrogens with zero attached hydrogens (tertiary/aromatic N) is 2. The van der Waals surface area contributed by atoms with Gasteiger partial charge >= 0.3 is 0 Å². The fourth-order valence-electron chi connectivity index (χ4n) is 2.21. The highest BCUT2D eigenvalue weighted by atomic mass is 35.5. The average Bonchev–Trinajstić information content (AvgIpc) is 2.92. The number of anilines is 1. The van der Waals surface area contributed by atoms with Crippen LogP contribution in [0.25, 0.3) is 0 Å². The zero-order chi connectivity index (χ0) is 15.9. The third kappa shape index (κ3) is 5.35. The number of amides is 1.